The number of carboxylic acids is 2. The zero-order chi connectivity index (χ0) is 10.1. The Hall–Kier alpha value is -0.710. The molecule has 0 aromatic carbocycles. The molecule has 14 heavy (non-hydrogen) atoms. The van der Waals surface area contributed by atoms with Gasteiger partial charge in [-0.15, -0.1) is 0 Å². The molecule has 0 amide bonds. The summed E-state index contributed by atoms with van der Waals surface area (Å²) in [6, 6.07) is 0. The molecule has 0 aromatic heterocycles. The Bertz CT molecular complexity index is 152. The first-order valence-corrected chi connectivity index (χ1v) is 4.56. The van der Waals surface area contributed by atoms with E-state index in [1.807, 2.05) is 0 Å². The zero-order valence-corrected chi connectivity index (χ0v) is 9.16. The lowest BCUT2D eigenvalue weighted by Gasteiger charge is -1.97. The minimum Gasteiger partial charge on any atom is -0.481 e. The van der Waals surface area contributed by atoms with E-state index in [2.05, 4.69) is 0 Å². The standard InChI is InChI=1S/C9H16O4.H2S/c10-8(11)6-4-2-1-3-5-7-9(12)13;/h1-7H2,(H,10,11)(H,12,13);1H2. The van der Waals surface area contributed by atoms with E-state index in [1.54, 1.807) is 0 Å². The molecule has 0 saturated heterocycles. The third-order valence-electron chi connectivity index (χ3n) is 1.78. The fourth-order valence-corrected chi connectivity index (χ4v) is 1.08. The number of carbonyl (C=O) groups is 2. The predicted molar refractivity (Wildman–Crippen MR) is 58.0 cm³/mol. The normalized spacial score (nSPS) is 9.14. The van der Waals surface area contributed by atoms with Gasteiger partial charge in [0.25, 0.3) is 0 Å². The van der Waals surface area contributed by atoms with Gasteiger partial charge in [-0.3, -0.25) is 9.59 Å². The maximum absolute atomic E-state index is 10.1. The van der Waals surface area contributed by atoms with Crippen LogP contribution in [0.5, 0.6) is 0 Å². The summed E-state index contributed by atoms with van der Waals surface area (Å²) in [5.74, 6) is -1.52. The Morgan fingerprint density at radius 1 is 0.714 bits per heavy atom. The van der Waals surface area contributed by atoms with Gasteiger partial charge in [0.15, 0.2) is 0 Å². The molecule has 0 radical (unpaired) electrons. The van der Waals surface area contributed by atoms with Gasteiger partial charge < -0.3 is 10.2 Å². The Labute approximate surface area is 90.8 Å². The maximum Gasteiger partial charge on any atom is 0.303 e. The molecule has 2 N–H and O–H groups in total. The van der Waals surface area contributed by atoms with Crippen molar-refractivity contribution in [3.63, 3.8) is 0 Å². The van der Waals surface area contributed by atoms with Gasteiger partial charge in [0, 0.05) is 12.8 Å². The second-order valence-corrected chi connectivity index (χ2v) is 3.06. The van der Waals surface area contributed by atoms with Crippen LogP contribution >= 0.6 is 13.5 Å². The molecule has 0 atom stereocenters. The van der Waals surface area contributed by atoms with Crippen molar-refractivity contribution >= 4 is 25.4 Å². The van der Waals surface area contributed by atoms with Gasteiger partial charge in [0.05, 0.1) is 0 Å². The van der Waals surface area contributed by atoms with Crippen molar-refractivity contribution in [1.29, 1.82) is 0 Å². The van der Waals surface area contributed by atoms with Crippen molar-refractivity contribution in [3.05, 3.63) is 0 Å². The molecular formula is C9H18O4S. The Kier molecular flexibility index (Phi) is 11.7. The largest absolute Gasteiger partial charge is 0.481 e. The van der Waals surface area contributed by atoms with Crippen LogP contribution in [-0.4, -0.2) is 22.2 Å². The lowest BCUT2D eigenvalue weighted by atomic mass is 10.1. The van der Waals surface area contributed by atoms with E-state index in [0.717, 1.165) is 19.3 Å². The van der Waals surface area contributed by atoms with Crippen LogP contribution in [-0.2, 0) is 9.59 Å². The van der Waals surface area contributed by atoms with Crippen molar-refractivity contribution in [1.82, 2.24) is 0 Å². The molecule has 0 unspecified atom stereocenters. The van der Waals surface area contributed by atoms with E-state index < -0.39 is 11.9 Å². The summed E-state index contributed by atoms with van der Waals surface area (Å²) in [6.45, 7) is 0. The van der Waals surface area contributed by atoms with Crippen molar-refractivity contribution < 1.29 is 19.8 Å². The second-order valence-electron chi connectivity index (χ2n) is 3.06. The highest BCUT2D eigenvalue weighted by Gasteiger charge is 1.98. The number of hydrogen-bond donors (Lipinski definition) is 2. The highest BCUT2D eigenvalue weighted by Crippen LogP contribution is 2.06. The molecule has 0 aliphatic rings. The quantitative estimate of drug-likeness (QED) is 0.616. The van der Waals surface area contributed by atoms with E-state index in [9.17, 15) is 9.59 Å². The SMILES string of the molecule is O=C(O)CCCCCCCC(=O)O.S. The minimum atomic E-state index is -0.759. The Morgan fingerprint density at radius 3 is 1.29 bits per heavy atom. The van der Waals surface area contributed by atoms with Crippen LogP contribution in [0.15, 0.2) is 0 Å². The number of unbranched alkanes of at least 4 members (excludes halogenated alkanes) is 4. The molecule has 0 fully saturated rings. The van der Waals surface area contributed by atoms with Crippen LogP contribution in [0, 0.1) is 0 Å². The summed E-state index contributed by atoms with van der Waals surface area (Å²) in [7, 11) is 0. The summed E-state index contributed by atoms with van der Waals surface area (Å²) in [6.07, 6.45) is 4.53. The lowest BCUT2D eigenvalue weighted by Crippen LogP contribution is -1.95. The van der Waals surface area contributed by atoms with Crippen LogP contribution in [0.3, 0.4) is 0 Å². The molecule has 0 rings (SSSR count). The fraction of sp³-hybridized carbons (Fsp3) is 0.778. The van der Waals surface area contributed by atoms with Crippen LogP contribution < -0.4 is 0 Å². The maximum atomic E-state index is 10.1. The third kappa shape index (κ3) is 13.9. The predicted octanol–water partition coefficient (Wildman–Crippen LogP) is 2.00. The third-order valence-corrected chi connectivity index (χ3v) is 1.78. The summed E-state index contributed by atoms with van der Waals surface area (Å²) in [5, 5.41) is 16.6. The molecule has 0 aliphatic heterocycles. The first-order valence-electron chi connectivity index (χ1n) is 4.56. The molecule has 0 spiro atoms. The van der Waals surface area contributed by atoms with Gasteiger partial charge in [0.2, 0.25) is 0 Å². The molecule has 4 nitrogen and oxygen atoms in total. The number of hydrogen-bond acceptors (Lipinski definition) is 2. The van der Waals surface area contributed by atoms with Gasteiger partial charge >= 0.3 is 11.9 Å². The molecule has 5 heteroatoms. The highest BCUT2D eigenvalue weighted by atomic mass is 32.1. The molecule has 84 valence electrons. The summed E-state index contributed by atoms with van der Waals surface area (Å²) in [5.41, 5.74) is 0. The average molecular weight is 222 g/mol. The van der Waals surface area contributed by atoms with Gasteiger partial charge in [-0.1, -0.05) is 19.3 Å². The van der Waals surface area contributed by atoms with E-state index in [0.29, 0.717) is 12.8 Å². The highest BCUT2D eigenvalue weighted by molar-refractivity contribution is 7.59. The van der Waals surface area contributed by atoms with Crippen LogP contribution in [0.25, 0.3) is 0 Å². The smallest absolute Gasteiger partial charge is 0.303 e. The number of aliphatic carboxylic acids is 2. The zero-order valence-electron chi connectivity index (χ0n) is 8.16. The molecule has 0 bridgehead atoms. The second kappa shape index (κ2) is 10.4. The van der Waals surface area contributed by atoms with Gasteiger partial charge in [0.1, 0.15) is 0 Å². The monoisotopic (exact) mass is 222 g/mol. The lowest BCUT2D eigenvalue weighted by molar-refractivity contribution is -0.138. The van der Waals surface area contributed by atoms with Crippen LogP contribution in [0.4, 0.5) is 0 Å². The first-order chi connectivity index (χ1) is 6.13. The van der Waals surface area contributed by atoms with Crippen molar-refractivity contribution in [3.8, 4) is 0 Å². The van der Waals surface area contributed by atoms with E-state index >= 15 is 0 Å². The summed E-state index contributed by atoms with van der Waals surface area (Å²) in [4.78, 5) is 20.2. The number of carboxylic acid groups (broad SMARTS) is 2. The molecule has 0 aliphatic carbocycles. The van der Waals surface area contributed by atoms with Crippen molar-refractivity contribution in [2.24, 2.45) is 0 Å². The first kappa shape index (κ1) is 15.7. The summed E-state index contributed by atoms with van der Waals surface area (Å²) >= 11 is 0. The van der Waals surface area contributed by atoms with E-state index in [-0.39, 0.29) is 26.3 Å². The van der Waals surface area contributed by atoms with Crippen LogP contribution in [0.1, 0.15) is 44.9 Å². The Balaban J connectivity index is 0. The Morgan fingerprint density at radius 2 is 1.00 bits per heavy atom. The van der Waals surface area contributed by atoms with Gasteiger partial charge in [-0.2, -0.15) is 13.5 Å². The minimum absolute atomic E-state index is 0. The van der Waals surface area contributed by atoms with Gasteiger partial charge in [-0.05, 0) is 12.8 Å². The molecular weight excluding hydrogens is 204 g/mol. The van der Waals surface area contributed by atoms with Crippen molar-refractivity contribution in [2.45, 2.75) is 44.9 Å². The molecule has 0 heterocycles. The molecule has 0 saturated carbocycles. The van der Waals surface area contributed by atoms with Crippen LogP contribution in [0.2, 0.25) is 0 Å². The summed E-state index contributed by atoms with van der Waals surface area (Å²) < 4.78 is 0. The average Bonchev–Trinajstić information content (AvgIpc) is 2.01. The fourth-order valence-electron chi connectivity index (χ4n) is 1.08. The topological polar surface area (TPSA) is 74.6 Å². The molecule has 0 aromatic rings. The van der Waals surface area contributed by atoms with Crippen molar-refractivity contribution in [2.75, 3.05) is 0 Å². The van der Waals surface area contributed by atoms with Gasteiger partial charge in [-0.25, -0.2) is 0 Å². The number of rotatable bonds is 8. The van der Waals surface area contributed by atoms with E-state index in [1.165, 1.54) is 0 Å². The van der Waals surface area contributed by atoms with E-state index in [4.69, 9.17) is 10.2 Å².